The highest BCUT2D eigenvalue weighted by Gasteiger charge is 2.36. The van der Waals surface area contributed by atoms with Crippen LogP contribution in [0.3, 0.4) is 0 Å². The van der Waals surface area contributed by atoms with Crippen LogP contribution in [0.5, 0.6) is 0 Å². The minimum atomic E-state index is -0.544. The number of rotatable bonds is 2. The van der Waals surface area contributed by atoms with Crippen molar-refractivity contribution in [3.8, 4) is 0 Å². The molecule has 0 aliphatic carbocycles. The summed E-state index contributed by atoms with van der Waals surface area (Å²) in [5.41, 5.74) is 1.13. The monoisotopic (exact) mass is 404 g/mol. The largest absolute Gasteiger partial charge is 0.327 e. The maximum absolute atomic E-state index is 12.9. The average molecular weight is 405 g/mol. The molecule has 1 saturated heterocycles. The van der Waals surface area contributed by atoms with Gasteiger partial charge in [0, 0.05) is 10.0 Å². The lowest BCUT2D eigenvalue weighted by Gasteiger charge is -2.11. The van der Waals surface area contributed by atoms with E-state index in [0.29, 0.717) is 11.1 Å². The molecule has 24 heavy (non-hydrogen) atoms. The normalized spacial score (nSPS) is 15.8. The molecule has 2 aromatic carbocycles. The number of amides is 2. The zero-order valence-electron chi connectivity index (χ0n) is 12.1. The Hall–Kier alpha value is -2.38. The van der Waals surface area contributed by atoms with Crippen molar-refractivity contribution in [1.82, 2.24) is 10.2 Å². The van der Waals surface area contributed by atoms with E-state index in [2.05, 4.69) is 21.2 Å². The van der Waals surface area contributed by atoms with Gasteiger partial charge in [0.05, 0.1) is 0 Å². The quantitative estimate of drug-likeness (QED) is 0.472. The molecule has 120 valence electrons. The van der Waals surface area contributed by atoms with Gasteiger partial charge in [0.2, 0.25) is 0 Å². The van der Waals surface area contributed by atoms with Crippen molar-refractivity contribution in [2.24, 2.45) is 0 Å². The Bertz CT molecular complexity index is 863. The Morgan fingerprint density at radius 1 is 1.12 bits per heavy atom. The van der Waals surface area contributed by atoms with Gasteiger partial charge in [0.1, 0.15) is 11.5 Å². The summed E-state index contributed by atoms with van der Waals surface area (Å²) >= 11 is 8.38. The van der Waals surface area contributed by atoms with Gasteiger partial charge >= 0.3 is 0 Å². The summed E-state index contributed by atoms with van der Waals surface area (Å²) < 4.78 is 13.8. The van der Waals surface area contributed by atoms with E-state index in [1.807, 2.05) is 0 Å². The van der Waals surface area contributed by atoms with Crippen LogP contribution in [0, 0.1) is 5.82 Å². The molecule has 0 atom stereocenters. The van der Waals surface area contributed by atoms with Gasteiger partial charge in [-0.1, -0.05) is 28.1 Å². The predicted octanol–water partition coefficient (Wildman–Crippen LogP) is 3.49. The SMILES string of the molecule is O=C1/C(=C\c2ccc(F)cc2)NC(=S)N1C(=O)c1ccc(Br)cc1. The summed E-state index contributed by atoms with van der Waals surface area (Å²) in [5, 5.41) is 2.74. The van der Waals surface area contributed by atoms with Gasteiger partial charge in [-0.3, -0.25) is 9.59 Å². The molecule has 0 bridgehead atoms. The number of imide groups is 1. The molecular formula is C17H10BrFN2O2S. The second-order valence-electron chi connectivity index (χ2n) is 4.99. The standard InChI is InChI=1S/C17H10BrFN2O2S/c18-12-5-3-11(4-6-12)15(22)21-16(23)14(20-17(21)24)9-10-1-7-13(19)8-2-10/h1-9H,(H,20,24)/b14-9+. The third-order valence-corrected chi connectivity index (χ3v) is 4.17. The molecule has 0 radical (unpaired) electrons. The molecular weight excluding hydrogens is 395 g/mol. The number of benzene rings is 2. The number of halogens is 2. The van der Waals surface area contributed by atoms with E-state index in [9.17, 15) is 14.0 Å². The van der Waals surface area contributed by atoms with E-state index in [-0.39, 0.29) is 16.6 Å². The lowest BCUT2D eigenvalue weighted by Crippen LogP contribution is -2.36. The lowest BCUT2D eigenvalue weighted by atomic mass is 10.1. The zero-order chi connectivity index (χ0) is 17.3. The Kier molecular flexibility index (Phi) is 4.55. The average Bonchev–Trinajstić information content (AvgIpc) is 2.83. The van der Waals surface area contributed by atoms with Crippen LogP contribution >= 0.6 is 28.1 Å². The molecule has 1 aliphatic heterocycles. The van der Waals surface area contributed by atoms with Crippen LogP contribution in [0.2, 0.25) is 0 Å². The first kappa shape index (κ1) is 16.5. The fourth-order valence-electron chi connectivity index (χ4n) is 2.17. The second-order valence-corrected chi connectivity index (χ2v) is 6.29. The van der Waals surface area contributed by atoms with Crippen LogP contribution in [0.4, 0.5) is 4.39 Å². The molecule has 2 amide bonds. The molecule has 1 heterocycles. The highest BCUT2D eigenvalue weighted by atomic mass is 79.9. The van der Waals surface area contributed by atoms with Gasteiger partial charge in [0.25, 0.3) is 11.8 Å². The smallest absolute Gasteiger partial charge is 0.283 e. The minimum Gasteiger partial charge on any atom is -0.327 e. The fraction of sp³-hybridized carbons (Fsp3) is 0. The third kappa shape index (κ3) is 3.27. The number of nitrogens with one attached hydrogen (secondary N) is 1. The second kappa shape index (κ2) is 6.62. The van der Waals surface area contributed by atoms with Gasteiger partial charge in [-0.25, -0.2) is 9.29 Å². The Morgan fingerprint density at radius 3 is 2.38 bits per heavy atom. The molecule has 0 spiro atoms. The van der Waals surface area contributed by atoms with Gasteiger partial charge in [-0.15, -0.1) is 0 Å². The van der Waals surface area contributed by atoms with Crippen molar-refractivity contribution in [3.63, 3.8) is 0 Å². The third-order valence-electron chi connectivity index (χ3n) is 3.35. The number of nitrogens with zero attached hydrogens (tertiary/aromatic N) is 1. The molecule has 0 unspecified atom stereocenters. The molecule has 0 aromatic heterocycles. The summed E-state index contributed by atoms with van der Waals surface area (Å²) in [5.74, 6) is -1.42. The number of hydrogen-bond donors (Lipinski definition) is 1. The molecule has 1 aliphatic rings. The van der Waals surface area contributed by atoms with Crippen LogP contribution in [0.1, 0.15) is 15.9 Å². The Morgan fingerprint density at radius 2 is 1.75 bits per heavy atom. The summed E-state index contributed by atoms with van der Waals surface area (Å²) in [6.45, 7) is 0. The molecule has 1 N–H and O–H groups in total. The molecule has 2 aromatic rings. The first-order chi connectivity index (χ1) is 11.5. The van der Waals surface area contributed by atoms with Crippen molar-refractivity contribution >= 4 is 51.2 Å². The Balaban J connectivity index is 1.87. The van der Waals surface area contributed by atoms with Crippen molar-refractivity contribution < 1.29 is 14.0 Å². The van der Waals surface area contributed by atoms with E-state index >= 15 is 0 Å². The van der Waals surface area contributed by atoms with E-state index in [1.165, 1.54) is 30.3 Å². The fourth-order valence-corrected chi connectivity index (χ4v) is 2.71. The van der Waals surface area contributed by atoms with Crippen molar-refractivity contribution in [2.45, 2.75) is 0 Å². The number of carbonyl (C=O) groups excluding carboxylic acids is 2. The molecule has 4 nitrogen and oxygen atoms in total. The number of hydrogen-bond acceptors (Lipinski definition) is 3. The lowest BCUT2D eigenvalue weighted by molar-refractivity contribution is -0.120. The molecule has 3 rings (SSSR count). The zero-order valence-corrected chi connectivity index (χ0v) is 14.5. The summed E-state index contributed by atoms with van der Waals surface area (Å²) in [7, 11) is 0. The van der Waals surface area contributed by atoms with Crippen LogP contribution in [0.25, 0.3) is 6.08 Å². The summed E-state index contributed by atoms with van der Waals surface area (Å²) in [6, 6.07) is 12.2. The maximum Gasteiger partial charge on any atom is 0.283 e. The van der Waals surface area contributed by atoms with E-state index in [1.54, 1.807) is 24.3 Å². The molecule has 7 heteroatoms. The molecule has 0 saturated carbocycles. The number of thiocarbonyl (C=S) groups is 1. The highest BCUT2D eigenvalue weighted by molar-refractivity contribution is 9.10. The summed E-state index contributed by atoms with van der Waals surface area (Å²) in [6.07, 6.45) is 1.52. The van der Waals surface area contributed by atoms with Gasteiger partial charge in [-0.05, 0) is 60.3 Å². The maximum atomic E-state index is 12.9. The minimum absolute atomic E-state index is 0.0151. The van der Waals surface area contributed by atoms with E-state index in [0.717, 1.165) is 9.37 Å². The first-order valence-corrected chi connectivity index (χ1v) is 8.08. The Labute approximate surface area is 151 Å². The summed E-state index contributed by atoms with van der Waals surface area (Å²) in [4.78, 5) is 25.9. The van der Waals surface area contributed by atoms with Crippen LogP contribution in [-0.2, 0) is 4.79 Å². The van der Waals surface area contributed by atoms with Crippen molar-refractivity contribution in [1.29, 1.82) is 0 Å². The van der Waals surface area contributed by atoms with E-state index < -0.39 is 11.8 Å². The van der Waals surface area contributed by atoms with Gasteiger partial charge in [0.15, 0.2) is 5.11 Å². The molecule has 1 fully saturated rings. The highest BCUT2D eigenvalue weighted by Crippen LogP contribution is 2.19. The van der Waals surface area contributed by atoms with Crippen molar-refractivity contribution in [2.75, 3.05) is 0 Å². The van der Waals surface area contributed by atoms with Crippen LogP contribution in [0.15, 0.2) is 58.7 Å². The van der Waals surface area contributed by atoms with Crippen molar-refractivity contribution in [3.05, 3.63) is 75.6 Å². The predicted molar refractivity (Wildman–Crippen MR) is 95.4 cm³/mol. The van der Waals surface area contributed by atoms with E-state index in [4.69, 9.17) is 12.2 Å². The topological polar surface area (TPSA) is 49.4 Å². The van der Waals surface area contributed by atoms with Gasteiger partial charge < -0.3 is 5.32 Å². The van der Waals surface area contributed by atoms with Crippen LogP contribution in [-0.4, -0.2) is 21.8 Å². The number of carbonyl (C=O) groups is 2. The van der Waals surface area contributed by atoms with Crippen LogP contribution < -0.4 is 5.32 Å². The first-order valence-electron chi connectivity index (χ1n) is 6.88. The van der Waals surface area contributed by atoms with Gasteiger partial charge in [-0.2, -0.15) is 0 Å².